The molecule has 0 spiro atoms. The van der Waals surface area contributed by atoms with Gasteiger partial charge in [-0.3, -0.25) is 10.6 Å². The van der Waals surface area contributed by atoms with Crippen molar-refractivity contribution in [3.8, 4) is 0 Å². The fourth-order valence-electron chi connectivity index (χ4n) is 2.64. The van der Waals surface area contributed by atoms with E-state index in [2.05, 4.69) is 36.7 Å². The normalized spacial score (nSPS) is 32.6. The third-order valence-corrected chi connectivity index (χ3v) is 3.87. The van der Waals surface area contributed by atoms with Crippen molar-refractivity contribution in [3.05, 3.63) is 0 Å². The number of hydrogen-bond acceptors (Lipinski definition) is 4. The second kappa shape index (κ2) is 5.65. The van der Waals surface area contributed by atoms with Crippen molar-refractivity contribution in [2.45, 2.75) is 58.3 Å². The molecule has 100 valence electrons. The van der Waals surface area contributed by atoms with Gasteiger partial charge in [-0.25, -0.2) is 0 Å². The molecule has 0 aromatic rings. The molecule has 2 rings (SSSR count). The highest BCUT2D eigenvalue weighted by Gasteiger charge is 2.31. The zero-order chi connectivity index (χ0) is 12.3. The molecule has 2 saturated heterocycles. The van der Waals surface area contributed by atoms with Crippen molar-refractivity contribution in [1.29, 1.82) is 0 Å². The van der Waals surface area contributed by atoms with Crippen LogP contribution in [0.3, 0.4) is 0 Å². The molecule has 2 heterocycles. The summed E-state index contributed by atoms with van der Waals surface area (Å²) in [7, 11) is 0. The van der Waals surface area contributed by atoms with E-state index in [0.717, 1.165) is 39.1 Å². The Bertz CT molecular complexity index is 233. The van der Waals surface area contributed by atoms with Crippen molar-refractivity contribution in [1.82, 2.24) is 16.0 Å². The van der Waals surface area contributed by atoms with E-state index in [-0.39, 0.29) is 0 Å². The Morgan fingerprint density at radius 2 is 1.82 bits per heavy atom. The molecule has 0 amide bonds. The fourth-order valence-corrected chi connectivity index (χ4v) is 2.64. The van der Waals surface area contributed by atoms with Crippen LogP contribution in [0.1, 0.15) is 40.0 Å². The molecule has 4 nitrogen and oxygen atoms in total. The highest BCUT2D eigenvalue weighted by atomic mass is 16.5. The molecule has 3 N–H and O–H groups in total. The molecule has 4 heteroatoms. The van der Waals surface area contributed by atoms with Gasteiger partial charge in [0.05, 0.1) is 6.17 Å². The summed E-state index contributed by atoms with van der Waals surface area (Å²) in [4.78, 5) is 0. The molecule has 0 bridgehead atoms. The monoisotopic (exact) mass is 241 g/mol. The van der Waals surface area contributed by atoms with E-state index in [1.54, 1.807) is 0 Å². The lowest BCUT2D eigenvalue weighted by atomic mass is 9.83. The van der Waals surface area contributed by atoms with Gasteiger partial charge in [-0.05, 0) is 24.7 Å². The van der Waals surface area contributed by atoms with E-state index < -0.39 is 0 Å². The van der Waals surface area contributed by atoms with Crippen molar-refractivity contribution in [2.75, 3.05) is 19.9 Å². The summed E-state index contributed by atoms with van der Waals surface area (Å²) in [6, 6.07) is 1.21. The average molecular weight is 241 g/mol. The van der Waals surface area contributed by atoms with E-state index >= 15 is 0 Å². The fraction of sp³-hybridized carbons (Fsp3) is 1.00. The van der Waals surface area contributed by atoms with Gasteiger partial charge in [0.1, 0.15) is 0 Å². The van der Waals surface area contributed by atoms with Crippen LogP contribution in [0.2, 0.25) is 0 Å². The first-order chi connectivity index (χ1) is 8.05. The first-order valence-corrected chi connectivity index (χ1v) is 6.86. The topological polar surface area (TPSA) is 45.3 Å². The zero-order valence-corrected chi connectivity index (χ0v) is 11.4. The molecular weight excluding hydrogens is 214 g/mol. The zero-order valence-electron chi connectivity index (χ0n) is 11.4. The number of ether oxygens (including phenoxy) is 1. The Kier molecular flexibility index (Phi) is 4.42. The van der Waals surface area contributed by atoms with Crippen LogP contribution in [0.5, 0.6) is 0 Å². The van der Waals surface area contributed by atoms with Crippen LogP contribution in [0, 0.1) is 5.41 Å². The van der Waals surface area contributed by atoms with Gasteiger partial charge in [0.2, 0.25) is 0 Å². The standard InChI is InChI=1S/C13H27N3O/c1-13(2,3)11-8-12(15-9-14-11)16-10-4-6-17-7-5-10/h10-12,14-16H,4-9H2,1-3H3. The lowest BCUT2D eigenvalue weighted by Gasteiger charge is -2.41. The average Bonchev–Trinajstić information content (AvgIpc) is 2.29. The third kappa shape index (κ3) is 3.91. The molecule has 0 aromatic heterocycles. The number of rotatable bonds is 2. The second-order valence-corrected chi connectivity index (χ2v) is 6.35. The van der Waals surface area contributed by atoms with Crippen LogP contribution in [-0.2, 0) is 4.74 Å². The van der Waals surface area contributed by atoms with Crippen molar-refractivity contribution in [3.63, 3.8) is 0 Å². The van der Waals surface area contributed by atoms with Gasteiger partial charge in [-0.2, -0.15) is 0 Å². The van der Waals surface area contributed by atoms with Crippen LogP contribution >= 0.6 is 0 Å². The maximum Gasteiger partial charge on any atom is 0.0598 e. The van der Waals surface area contributed by atoms with E-state index in [1.165, 1.54) is 0 Å². The van der Waals surface area contributed by atoms with Crippen LogP contribution in [-0.4, -0.2) is 38.1 Å². The van der Waals surface area contributed by atoms with Gasteiger partial charge in [0.15, 0.2) is 0 Å². The molecule has 2 fully saturated rings. The predicted molar refractivity (Wildman–Crippen MR) is 69.8 cm³/mol. The summed E-state index contributed by atoms with van der Waals surface area (Å²) in [6.45, 7) is 9.64. The quantitative estimate of drug-likeness (QED) is 0.676. The molecule has 0 radical (unpaired) electrons. The molecule has 0 saturated carbocycles. The first-order valence-electron chi connectivity index (χ1n) is 6.86. The van der Waals surface area contributed by atoms with Crippen LogP contribution < -0.4 is 16.0 Å². The predicted octanol–water partition coefficient (Wildman–Crippen LogP) is 1.04. The number of nitrogens with one attached hydrogen (secondary N) is 3. The molecule has 2 aliphatic heterocycles. The van der Waals surface area contributed by atoms with Gasteiger partial charge in [0.25, 0.3) is 0 Å². The Morgan fingerprint density at radius 1 is 1.12 bits per heavy atom. The smallest absolute Gasteiger partial charge is 0.0598 e. The van der Waals surface area contributed by atoms with Gasteiger partial charge < -0.3 is 10.1 Å². The summed E-state index contributed by atoms with van der Waals surface area (Å²) in [5.41, 5.74) is 0.331. The van der Waals surface area contributed by atoms with Gasteiger partial charge >= 0.3 is 0 Å². The summed E-state index contributed by atoms with van der Waals surface area (Å²) < 4.78 is 5.39. The Balaban J connectivity index is 1.80. The van der Waals surface area contributed by atoms with Crippen molar-refractivity contribution < 1.29 is 4.74 Å². The molecule has 2 atom stereocenters. The molecule has 2 aliphatic rings. The Labute approximate surface area is 105 Å². The van der Waals surface area contributed by atoms with Crippen LogP contribution in [0.4, 0.5) is 0 Å². The van der Waals surface area contributed by atoms with Crippen LogP contribution in [0.25, 0.3) is 0 Å². The maximum absolute atomic E-state index is 5.39. The van der Waals surface area contributed by atoms with E-state index in [4.69, 9.17) is 4.74 Å². The van der Waals surface area contributed by atoms with Gasteiger partial charge in [-0.15, -0.1) is 0 Å². The van der Waals surface area contributed by atoms with Gasteiger partial charge in [-0.1, -0.05) is 20.8 Å². The van der Waals surface area contributed by atoms with E-state index in [0.29, 0.717) is 23.7 Å². The minimum atomic E-state index is 0.331. The maximum atomic E-state index is 5.39. The van der Waals surface area contributed by atoms with Crippen LogP contribution in [0.15, 0.2) is 0 Å². The Morgan fingerprint density at radius 3 is 2.47 bits per heavy atom. The van der Waals surface area contributed by atoms with Crippen molar-refractivity contribution >= 4 is 0 Å². The largest absolute Gasteiger partial charge is 0.381 e. The highest BCUT2D eigenvalue weighted by Crippen LogP contribution is 2.24. The third-order valence-electron chi connectivity index (χ3n) is 3.87. The lowest BCUT2D eigenvalue weighted by molar-refractivity contribution is 0.0680. The second-order valence-electron chi connectivity index (χ2n) is 6.35. The summed E-state index contributed by atoms with van der Waals surface area (Å²) in [5, 5.41) is 10.8. The Hall–Kier alpha value is -0.160. The molecule has 2 unspecified atom stereocenters. The SMILES string of the molecule is CC(C)(C)C1CC(NC2CCOCC2)NCN1. The summed E-state index contributed by atoms with van der Waals surface area (Å²) in [5.74, 6) is 0. The minimum Gasteiger partial charge on any atom is -0.381 e. The molecular formula is C13H27N3O. The highest BCUT2D eigenvalue weighted by molar-refractivity contribution is 4.89. The van der Waals surface area contributed by atoms with Crippen molar-refractivity contribution in [2.24, 2.45) is 5.41 Å². The van der Waals surface area contributed by atoms with E-state index in [9.17, 15) is 0 Å². The lowest BCUT2D eigenvalue weighted by Crippen LogP contribution is -2.61. The van der Waals surface area contributed by atoms with Gasteiger partial charge in [0, 0.05) is 32.0 Å². The minimum absolute atomic E-state index is 0.331. The molecule has 0 aromatic carbocycles. The summed E-state index contributed by atoms with van der Waals surface area (Å²) >= 11 is 0. The molecule has 17 heavy (non-hydrogen) atoms. The first kappa shape index (κ1) is 13.3. The summed E-state index contributed by atoms with van der Waals surface area (Å²) in [6.07, 6.45) is 3.89. The van der Waals surface area contributed by atoms with E-state index in [1.807, 2.05) is 0 Å². The molecule has 0 aliphatic carbocycles. The number of hydrogen-bond donors (Lipinski definition) is 3.